The molecule has 34 heavy (non-hydrogen) atoms. The maximum atomic E-state index is 12.5. The first kappa shape index (κ1) is 23.3. The van der Waals surface area contributed by atoms with E-state index in [1.54, 1.807) is 6.20 Å². The number of amides is 2. The fourth-order valence-electron chi connectivity index (χ4n) is 3.83. The Kier molecular flexibility index (Phi) is 7.75. The molecule has 0 atom stereocenters. The second kappa shape index (κ2) is 11.3. The number of carbonyl (C=O) groups is 2. The largest absolute Gasteiger partial charge is 0.494 e. The lowest BCUT2D eigenvalue weighted by molar-refractivity contribution is -0.131. The molecule has 0 aliphatic carbocycles. The first-order valence-electron chi connectivity index (χ1n) is 11.6. The summed E-state index contributed by atoms with van der Waals surface area (Å²) in [6.07, 6.45) is 2.86. The molecule has 0 radical (unpaired) electrons. The molecule has 1 aliphatic heterocycles. The van der Waals surface area contributed by atoms with Gasteiger partial charge in [0.1, 0.15) is 11.6 Å². The molecule has 4 rings (SSSR count). The van der Waals surface area contributed by atoms with Crippen LogP contribution in [0.2, 0.25) is 0 Å². The summed E-state index contributed by atoms with van der Waals surface area (Å²) < 4.78 is 5.67. The van der Waals surface area contributed by atoms with E-state index in [1.807, 2.05) is 78.6 Å². The molecule has 1 saturated heterocycles. The molecule has 2 aromatic carbocycles. The zero-order chi connectivity index (χ0) is 23.8. The van der Waals surface area contributed by atoms with Crippen molar-refractivity contribution in [3.63, 3.8) is 0 Å². The van der Waals surface area contributed by atoms with E-state index in [-0.39, 0.29) is 11.8 Å². The van der Waals surface area contributed by atoms with Gasteiger partial charge >= 0.3 is 0 Å². The van der Waals surface area contributed by atoms with Gasteiger partial charge in [0, 0.05) is 38.2 Å². The van der Waals surface area contributed by atoms with Gasteiger partial charge in [-0.05, 0) is 49.7 Å². The minimum atomic E-state index is -0.157. The monoisotopic (exact) mass is 458 g/mol. The van der Waals surface area contributed by atoms with Crippen molar-refractivity contribution in [3.8, 4) is 5.75 Å². The molecule has 1 aromatic heterocycles. The smallest absolute Gasteiger partial charge is 0.255 e. The molecule has 0 saturated carbocycles. The van der Waals surface area contributed by atoms with Gasteiger partial charge < -0.3 is 19.9 Å². The number of nitrogens with zero attached hydrogens (tertiary/aromatic N) is 3. The van der Waals surface area contributed by atoms with Crippen molar-refractivity contribution in [2.75, 3.05) is 43.0 Å². The summed E-state index contributed by atoms with van der Waals surface area (Å²) in [5.74, 6) is 1.68. The summed E-state index contributed by atoms with van der Waals surface area (Å²) in [6.45, 7) is 5.33. The van der Waals surface area contributed by atoms with Crippen LogP contribution < -0.4 is 15.0 Å². The Bertz CT molecular complexity index is 1080. The van der Waals surface area contributed by atoms with E-state index in [4.69, 9.17) is 4.74 Å². The molecule has 0 spiro atoms. The van der Waals surface area contributed by atoms with Crippen LogP contribution in [0.1, 0.15) is 28.8 Å². The highest BCUT2D eigenvalue weighted by Crippen LogP contribution is 2.18. The molecule has 1 aliphatic rings. The fraction of sp³-hybridized carbons (Fsp3) is 0.296. The number of hydrogen-bond donors (Lipinski definition) is 1. The summed E-state index contributed by atoms with van der Waals surface area (Å²) in [5.41, 5.74) is 2.38. The number of hydrogen-bond acceptors (Lipinski definition) is 5. The highest BCUT2D eigenvalue weighted by atomic mass is 16.5. The predicted octanol–water partition coefficient (Wildman–Crippen LogP) is 4.15. The molecule has 1 fully saturated rings. The van der Waals surface area contributed by atoms with Gasteiger partial charge in [-0.1, -0.05) is 35.9 Å². The lowest BCUT2D eigenvalue weighted by Gasteiger charge is -2.35. The highest BCUT2D eigenvalue weighted by molar-refractivity contribution is 6.04. The number of pyridine rings is 1. The van der Waals surface area contributed by atoms with Crippen LogP contribution in [0.5, 0.6) is 5.75 Å². The molecule has 7 heteroatoms. The molecule has 2 heterocycles. The number of aryl methyl sites for hydroxylation is 1. The third kappa shape index (κ3) is 6.34. The van der Waals surface area contributed by atoms with Crippen LogP contribution in [0, 0.1) is 6.92 Å². The van der Waals surface area contributed by atoms with Crippen LogP contribution in [-0.4, -0.2) is 54.5 Å². The normalized spacial score (nSPS) is 13.4. The number of aromatic nitrogens is 1. The number of para-hydroxylation sites is 1. The van der Waals surface area contributed by atoms with E-state index in [1.165, 1.54) is 0 Å². The number of nitrogens with one attached hydrogen (secondary N) is 1. The van der Waals surface area contributed by atoms with Gasteiger partial charge in [-0.2, -0.15) is 0 Å². The second-order valence-corrected chi connectivity index (χ2v) is 8.36. The summed E-state index contributed by atoms with van der Waals surface area (Å²) in [5, 5.41) is 2.88. The third-order valence-electron chi connectivity index (χ3n) is 5.82. The third-order valence-corrected chi connectivity index (χ3v) is 5.82. The fourth-order valence-corrected chi connectivity index (χ4v) is 3.83. The molecule has 0 bridgehead atoms. The maximum absolute atomic E-state index is 12.5. The van der Waals surface area contributed by atoms with E-state index in [2.05, 4.69) is 15.2 Å². The summed E-state index contributed by atoms with van der Waals surface area (Å²) in [4.78, 5) is 33.5. The number of benzene rings is 2. The Labute approximate surface area is 200 Å². The average Bonchev–Trinajstić information content (AvgIpc) is 2.88. The highest BCUT2D eigenvalue weighted by Gasteiger charge is 2.21. The molecule has 176 valence electrons. The second-order valence-electron chi connectivity index (χ2n) is 8.36. The van der Waals surface area contributed by atoms with E-state index >= 15 is 0 Å². The number of piperazine rings is 1. The van der Waals surface area contributed by atoms with Crippen LogP contribution in [0.4, 0.5) is 11.5 Å². The van der Waals surface area contributed by atoms with E-state index in [9.17, 15) is 9.59 Å². The van der Waals surface area contributed by atoms with Crippen molar-refractivity contribution in [2.24, 2.45) is 0 Å². The minimum absolute atomic E-state index is 0.157. The van der Waals surface area contributed by atoms with Gasteiger partial charge in [-0.15, -0.1) is 0 Å². The SMILES string of the molecule is Cc1ccc(C(=O)Nc2ccc(N3CCN(C(=O)CCCOc4ccccc4)CC3)nc2)cc1. The predicted molar refractivity (Wildman–Crippen MR) is 133 cm³/mol. The lowest BCUT2D eigenvalue weighted by atomic mass is 10.1. The van der Waals surface area contributed by atoms with Gasteiger partial charge in [-0.25, -0.2) is 4.98 Å². The zero-order valence-electron chi connectivity index (χ0n) is 19.4. The molecule has 7 nitrogen and oxygen atoms in total. The lowest BCUT2D eigenvalue weighted by Crippen LogP contribution is -2.49. The van der Waals surface area contributed by atoms with Crippen LogP contribution in [0.15, 0.2) is 72.9 Å². The average molecular weight is 459 g/mol. The van der Waals surface area contributed by atoms with Crippen LogP contribution >= 0.6 is 0 Å². The van der Waals surface area contributed by atoms with Gasteiger partial charge in [0.05, 0.1) is 18.5 Å². The van der Waals surface area contributed by atoms with Gasteiger partial charge in [0.2, 0.25) is 5.91 Å². The Morgan fingerprint density at radius 1 is 0.941 bits per heavy atom. The van der Waals surface area contributed by atoms with Crippen LogP contribution in [-0.2, 0) is 4.79 Å². The number of rotatable bonds is 8. The van der Waals surface area contributed by atoms with E-state index in [0.717, 1.165) is 30.2 Å². The van der Waals surface area contributed by atoms with Crippen LogP contribution in [0.3, 0.4) is 0 Å². The van der Waals surface area contributed by atoms with Crippen molar-refractivity contribution >= 4 is 23.3 Å². The Balaban J connectivity index is 1.19. The Morgan fingerprint density at radius 2 is 1.68 bits per heavy atom. The summed E-state index contributed by atoms with van der Waals surface area (Å²) >= 11 is 0. The summed E-state index contributed by atoms with van der Waals surface area (Å²) in [7, 11) is 0. The molecular formula is C27H30N4O3. The number of carbonyl (C=O) groups excluding carboxylic acids is 2. The van der Waals surface area contributed by atoms with Crippen molar-refractivity contribution in [1.29, 1.82) is 0 Å². The molecule has 0 unspecified atom stereocenters. The number of anilines is 2. The Hall–Kier alpha value is -3.87. The minimum Gasteiger partial charge on any atom is -0.494 e. The molecule has 1 N–H and O–H groups in total. The van der Waals surface area contributed by atoms with Crippen LogP contribution in [0.25, 0.3) is 0 Å². The van der Waals surface area contributed by atoms with E-state index in [0.29, 0.717) is 43.8 Å². The molecular weight excluding hydrogens is 428 g/mol. The number of ether oxygens (including phenoxy) is 1. The quantitative estimate of drug-likeness (QED) is 0.514. The summed E-state index contributed by atoms with van der Waals surface area (Å²) in [6, 6.07) is 20.9. The molecule has 2 amide bonds. The van der Waals surface area contributed by atoms with Gasteiger partial charge in [0.15, 0.2) is 0 Å². The zero-order valence-corrected chi connectivity index (χ0v) is 19.4. The van der Waals surface area contributed by atoms with Crippen molar-refractivity contribution in [1.82, 2.24) is 9.88 Å². The first-order valence-corrected chi connectivity index (χ1v) is 11.6. The van der Waals surface area contributed by atoms with Crippen molar-refractivity contribution in [3.05, 3.63) is 84.1 Å². The van der Waals surface area contributed by atoms with Gasteiger partial charge in [0.25, 0.3) is 5.91 Å². The Morgan fingerprint density at radius 3 is 2.35 bits per heavy atom. The standard InChI is InChI=1S/C27H30N4O3/c1-21-9-11-22(12-10-21)27(33)29-23-13-14-25(28-20-23)30-15-17-31(18-16-30)26(32)8-5-19-34-24-6-3-2-4-7-24/h2-4,6-7,9-14,20H,5,8,15-19H2,1H3,(H,29,33). The van der Waals surface area contributed by atoms with Crippen molar-refractivity contribution < 1.29 is 14.3 Å². The van der Waals surface area contributed by atoms with E-state index < -0.39 is 0 Å². The van der Waals surface area contributed by atoms with Crippen molar-refractivity contribution in [2.45, 2.75) is 19.8 Å². The topological polar surface area (TPSA) is 74.8 Å². The van der Waals surface area contributed by atoms with Gasteiger partial charge in [-0.3, -0.25) is 9.59 Å². The maximum Gasteiger partial charge on any atom is 0.255 e. The molecule has 3 aromatic rings. The first-order chi connectivity index (χ1) is 16.6.